The molecule has 0 aromatic carbocycles. The summed E-state index contributed by atoms with van der Waals surface area (Å²) >= 11 is 0. The quantitative estimate of drug-likeness (QED) is 0.363. The monoisotopic (exact) mass is 748 g/mol. The Labute approximate surface area is 254 Å². The molecule has 0 saturated carbocycles. The molecule has 4 rings (SSSR count). The van der Waals surface area contributed by atoms with Crippen LogP contribution >= 0.6 is 0 Å². The van der Waals surface area contributed by atoms with E-state index in [1.165, 1.54) is 29.1 Å². The van der Waals surface area contributed by atoms with Gasteiger partial charge in [0.2, 0.25) is 0 Å². The minimum Gasteiger partial charge on any atom is -0.443 e. The van der Waals surface area contributed by atoms with E-state index in [-0.39, 0.29) is 56.0 Å². The molecule has 13 heteroatoms. The van der Waals surface area contributed by atoms with Crippen molar-refractivity contribution in [1.29, 1.82) is 0 Å². The summed E-state index contributed by atoms with van der Waals surface area (Å²) in [7, 11) is 3.04. The van der Waals surface area contributed by atoms with E-state index in [9.17, 15) is 14.4 Å². The first-order valence-corrected chi connectivity index (χ1v) is 13.1. The van der Waals surface area contributed by atoms with E-state index in [0.717, 1.165) is 12.8 Å². The third-order valence-corrected chi connectivity index (χ3v) is 5.76. The predicted molar refractivity (Wildman–Crippen MR) is 156 cm³/mol. The summed E-state index contributed by atoms with van der Waals surface area (Å²) in [4.78, 5) is 44.1. The molecule has 2 N–H and O–H groups in total. The molecule has 0 unspecified atom stereocenters. The average Bonchev–Trinajstić information content (AvgIpc) is 3.32. The zero-order valence-corrected chi connectivity index (χ0v) is 27.7. The molecule has 1 fully saturated rings. The fourth-order valence-electron chi connectivity index (χ4n) is 3.97. The fourth-order valence-corrected chi connectivity index (χ4v) is 3.97. The Hall–Kier alpha value is -3.29. The number of hydrogen-bond acceptors (Lipinski definition) is 8. The van der Waals surface area contributed by atoms with E-state index >= 15 is 0 Å². The summed E-state index contributed by atoms with van der Waals surface area (Å²) in [6, 6.07) is 5.09. The molecule has 3 aromatic rings. The maximum absolute atomic E-state index is 13.3. The smallest absolute Gasteiger partial charge is 0.443 e. The maximum atomic E-state index is 13.3. The van der Waals surface area contributed by atoms with Crippen molar-refractivity contribution in [3.05, 3.63) is 54.1 Å². The number of carbonyl (C=O) groups is 2. The van der Waals surface area contributed by atoms with Crippen LogP contribution in [0.3, 0.4) is 0 Å². The second kappa shape index (κ2) is 15.6. The first-order valence-electron chi connectivity index (χ1n) is 13.1. The van der Waals surface area contributed by atoms with Gasteiger partial charge in [-0.1, -0.05) is 20.3 Å². The van der Waals surface area contributed by atoms with Crippen LogP contribution in [0.5, 0.6) is 0 Å². The van der Waals surface area contributed by atoms with Gasteiger partial charge >= 0.3 is 25.9 Å². The van der Waals surface area contributed by atoms with Crippen molar-refractivity contribution in [2.75, 3.05) is 37.5 Å². The Balaban J connectivity index is 0.00000161. The number of nitrogens with zero attached hydrogens (tertiary/aromatic N) is 5. The van der Waals surface area contributed by atoms with E-state index in [4.69, 9.17) is 9.47 Å². The van der Waals surface area contributed by atoms with Gasteiger partial charge in [0.05, 0.1) is 11.9 Å². The molecule has 1 saturated heterocycles. The van der Waals surface area contributed by atoms with Crippen LogP contribution in [0.4, 0.5) is 22.0 Å². The summed E-state index contributed by atoms with van der Waals surface area (Å²) < 4.78 is 14.0. The van der Waals surface area contributed by atoms with Crippen molar-refractivity contribution < 1.29 is 38.9 Å². The molecular formula is C28H42N7O5Os. The molecule has 227 valence electrons. The molecule has 2 amide bonds. The number of imidazole rings is 1. The van der Waals surface area contributed by atoms with Crippen LogP contribution in [0.1, 0.15) is 70.4 Å². The molecule has 12 nitrogen and oxygen atoms in total. The second-order valence-electron chi connectivity index (χ2n) is 10.2. The predicted octanol–water partition coefficient (Wildman–Crippen LogP) is 4.58. The Morgan fingerprint density at radius 2 is 1.85 bits per heavy atom. The first kappa shape index (κ1) is 35.7. The molecule has 0 bridgehead atoms. The maximum Gasteiger partial charge on any atom is 1.00 e. The Kier molecular flexibility index (Phi) is 13.6. The number of anilines is 3. The van der Waals surface area contributed by atoms with Gasteiger partial charge in [0.1, 0.15) is 11.3 Å². The van der Waals surface area contributed by atoms with Crippen molar-refractivity contribution in [2.45, 2.75) is 65.5 Å². The van der Waals surface area contributed by atoms with Gasteiger partial charge in [-0.2, -0.15) is 0 Å². The number of ether oxygens (including phenoxy) is 2. The van der Waals surface area contributed by atoms with Gasteiger partial charge in [-0.3, -0.25) is 14.5 Å². The van der Waals surface area contributed by atoms with Crippen LogP contribution in [-0.4, -0.2) is 64.1 Å². The molecule has 41 heavy (non-hydrogen) atoms. The molecule has 1 aliphatic rings. The van der Waals surface area contributed by atoms with Gasteiger partial charge in [-0.25, -0.2) is 14.3 Å². The van der Waals surface area contributed by atoms with E-state index in [2.05, 4.69) is 34.6 Å². The van der Waals surface area contributed by atoms with E-state index in [1.807, 2.05) is 0 Å². The average molecular weight is 747 g/mol. The van der Waals surface area contributed by atoms with E-state index < -0.39 is 17.6 Å². The van der Waals surface area contributed by atoms with Gasteiger partial charge in [0.15, 0.2) is 17.2 Å². The first-order chi connectivity index (χ1) is 18.5. The zero-order valence-electron chi connectivity index (χ0n) is 25.1. The molecule has 3 aromatic heterocycles. The van der Waals surface area contributed by atoms with Crippen molar-refractivity contribution in [2.24, 2.45) is 0 Å². The molecule has 0 atom stereocenters. The summed E-state index contributed by atoms with van der Waals surface area (Å²) in [5.41, 5.74) is 0.187. The summed E-state index contributed by atoms with van der Waals surface area (Å²) in [6.07, 6.45) is 5.29. The second-order valence-corrected chi connectivity index (χ2v) is 10.2. The van der Waals surface area contributed by atoms with Crippen molar-refractivity contribution in [1.82, 2.24) is 24.5 Å². The summed E-state index contributed by atoms with van der Waals surface area (Å²) in [6.45, 7) is 10.8. The van der Waals surface area contributed by atoms with Crippen molar-refractivity contribution in [3.8, 4) is 0 Å². The third-order valence-electron chi connectivity index (χ3n) is 5.76. The van der Waals surface area contributed by atoms with Crippen LogP contribution in [0.15, 0.2) is 35.4 Å². The molecule has 1 aliphatic heterocycles. The van der Waals surface area contributed by atoms with Crippen LogP contribution in [0, 0.1) is 7.43 Å². The minimum atomic E-state index is -0.711. The fraction of sp³-hybridized carbons (Fsp3) is 0.500. The Morgan fingerprint density at radius 1 is 1.22 bits per heavy atom. The number of aromatic nitrogens is 4. The standard InChI is InChI=1S/C24H31N7O5.C3H8.CH3.Os/c1-24(2,3)36-23(34)29(5)17-13-19(28-31-18(21(32)25-4)14-26-20(17)31)27-16-7-6-10-30(22(16)33)15-8-11-35-12-9-15;1-3-2;;/h6-7,10,13-15H,8-9,11-12H2,1-5H3,(H,25,32)(H,27,28);3H2,1-2H3;1H3;/q;;-1;+1. The molecular weight excluding hydrogens is 705 g/mol. The molecule has 0 aliphatic carbocycles. The van der Waals surface area contributed by atoms with Crippen molar-refractivity contribution in [3.63, 3.8) is 0 Å². The molecule has 4 heterocycles. The van der Waals surface area contributed by atoms with Gasteiger partial charge in [0.25, 0.3) is 11.5 Å². The van der Waals surface area contributed by atoms with Crippen molar-refractivity contribution >= 4 is 34.8 Å². The normalized spacial score (nSPS) is 13.1. The molecule has 0 spiro atoms. The van der Waals surface area contributed by atoms with E-state index in [1.54, 1.807) is 56.8 Å². The number of nitrogens with one attached hydrogen (secondary N) is 2. The van der Waals surface area contributed by atoms with E-state index in [0.29, 0.717) is 24.6 Å². The zero-order chi connectivity index (χ0) is 28.7. The largest absolute Gasteiger partial charge is 1.00 e. The van der Waals surface area contributed by atoms with Crippen LogP contribution in [0.25, 0.3) is 5.65 Å². The van der Waals surface area contributed by atoms with Crippen LogP contribution in [0.2, 0.25) is 0 Å². The third kappa shape index (κ3) is 8.84. The number of hydrogen-bond donors (Lipinski definition) is 2. The number of carbonyl (C=O) groups excluding carboxylic acids is 2. The summed E-state index contributed by atoms with van der Waals surface area (Å²) in [5, 5.41) is 10.1. The van der Waals surface area contributed by atoms with Gasteiger partial charge < -0.3 is 32.1 Å². The number of fused-ring (bicyclic) bond motifs is 1. The Morgan fingerprint density at radius 3 is 2.44 bits per heavy atom. The number of amides is 2. The number of rotatable bonds is 5. The molecule has 1 radical (unpaired) electrons. The topological polar surface area (TPSA) is 132 Å². The SMILES string of the molecule is CCC.CNC(=O)c1cnc2c(N(C)C(=O)OC(C)(C)C)cc(Nc3cccn(C4CCOCC4)c3=O)nn12.[CH3-].[Os+]. The van der Waals surface area contributed by atoms with Gasteiger partial charge in [-0.05, 0) is 45.7 Å². The summed E-state index contributed by atoms with van der Waals surface area (Å²) in [5.74, 6) is -0.155. The Bertz CT molecular complexity index is 1360. The van der Waals surface area contributed by atoms with Crippen LogP contribution in [-0.2, 0) is 29.3 Å². The minimum absolute atomic E-state index is 0. The van der Waals surface area contributed by atoms with Gasteiger partial charge in [-0.15, -0.1) is 5.10 Å². The number of pyridine rings is 1. The van der Waals surface area contributed by atoms with Gasteiger partial charge in [0, 0.05) is 45.6 Å². The van der Waals surface area contributed by atoms with Crippen LogP contribution < -0.4 is 21.1 Å².